The molecule has 0 radical (unpaired) electrons. The first kappa shape index (κ1) is 11.0. The predicted molar refractivity (Wildman–Crippen MR) is 59.3 cm³/mol. The highest BCUT2D eigenvalue weighted by molar-refractivity contribution is 7.16. The fourth-order valence-electron chi connectivity index (χ4n) is 1.14. The molecule has 0 bridgehead atoms. The lowest BCUT2D eigenvalue weighted by Crippen LogP contribution is -2.20. The highest BCUT2D eigenvalue weighted by Crippen LogP contribution is 2.22. The van der Waals surface area contributed by atoms with Gasteiger partial charge in [0.1, 0.15) is 0 Å². The van der Waals surface area contributed by atoms with E-state index < -0.39 is 0 Å². The summed E-state index contributed by atoms with van der Waals surface area (Å²) >= 11 is 7.47. The molecule has 0 unspecified atom stereocenters. The maximum atomic E-state index is 5.83. The number of halogens is 1. The van der Waals surface area contributed by atoms with Gasteiger partial charge < -0.3 is 10.6 Å². The summed E-state index contributed by atoms with van der Waals surface area (Å²) < 4.78 is 0.863. The predicted octanol–water partition coefficient (Wildman–Crippen LogP) is 2.18. The first-order valence-corrected chi connectivity index (χ1v) is 5.54. The number of rotatable bonds is 5. The summed E-state index contributed by atoms with van der Waals surface area (Å²) in [6, 6.07) is 4.02. The molecule has 2 nitrogen and oxygen atoms in total. The van der Waals surface area contributed by atoms with Crippen LogP contribution in [-0.4, -0.2) is 25.0 Å². The minimum absolute atomic E-state index is 0.759. The topological polar surface area (TPSA) is 29.3 Å². The van der Waals surface area contributed by atoms with Crippen LogP contribution in [0.25, 0.3) is 0 Å². The van der Waals surface area contributed by atoms with Crippen LogP contribution in [0.3, 0.4) is 0 Å². The molecule has 74 valence electrons. The molecule has 1 rings (SSSR count). The fraction of sp³-hybridized carbons (Fsp3) is 0.556. The Morgan fingerprint density at radius 2 is 2.31 bits per heavy atom. The molecule has 0 fully saturated rings. The zero-order valence-corrected chi connectivity index (χ0v) is 9.37. The minimum atomic E-state index is 0.759. The molecule has 0 saturated heterocycles. The van der Waals surface area contributed by atoms with Gasteiger partial charge in [0, 0.05) is 11.4 Å². The first-order chi connectivity index (χ1) is 6.22. The molecule has 0 aromatic carbocycles. The molecule has 13 heavy (non-hydrogen) atoms. The fourth-order valence-corrected chi connectivity index (χ4v) is 2.31. The van der Waals surface area contributed by atoms with Gasteiger partial charge in [0.05, 0.1) is 4.34 Å². The lowest BCUT2D eigenvalue weighted by Gasteiger charge is -2.14. The van der Waals surface area contributed by atoms with Crippen molar-refractivity contribution >= 4 is 22.9 Å². The second-order valence-corrected chi connectivity index (χ2v) is 4.89. The van der Waals surface area contributed by atoms with Gasteiger partial charge in [-0.2, -0.15) is 0 Å². The van der Waals surface area contributed by atoms with Gasteiger partial charge in [-0.1, -0.05) is 11.6 Å². The Hall–Kier alpha value is -0.0900. The Balaban J connectivity index is 2.31. The molecular formula is C9H15ClN2S. The maximum Gasteiger partial charge on any atom is 0.0931 e. The molecular weight excluding hydrogens is 204 g/mol. The molecule has 0 aliphatic heterocycles. The van der Waals surface area contributed by atoms with Crippen LogP contribution in [-0.2, 0) is 6.54 Å². The van der Waals surface area contributed by atoms with Crippen LogP contribution in [0.15, 0.2) is 12.1 Å². The standard InChI is InChI=1S/C9H15ClN2S/c1-12(6-2-5-11)7-8-3-4-9(10)13-8/h3-4H,2,5-7,11H2,1H3. The van der Waals surface area contributed by atoms with Gasteiger partial charge in [0.2, 0.25) is 0 Å². The summed E-state index contributed by atoms with van der Waals surface area (Å²) in [6.07, 6.45) is 1.05. The Bertz CT molecular complexity index is 250. The van der Waals surface area contributed by atoms with E-state index in [9.17, 15) is 0 Å². The van der Waals surface area contributed by atoms with Gasteiger partial charge in [0.25, 0.3) is 0 Å². The monoisotopic (exact) mass is 218 g/mol. The first-order valence-electron chi connectivity index (χ1n) is 4.35. The highest BCUT2D eigenvalue weighted by Gasteiger charge is 2.01. The van der Waals surface area contributed by atoms with E-state index in [-0.39, 0.29) is 0 Å². The number of hydrogen-bond acceptors (Lipinski definition) is 3. The number of thiophene rings is 1. The third kappa shape index (κ3) is 4.09. The second kappa shape index (κ2) is 5.60. The number of nitrogens with zero attached hydrogens (tertiary/aromatic N) is 1. The highest BCUT2D eigenvalue weighted by atomic mass is 35.5. The molecule has 4 heteroatoms. The molecule has 0 saturated carbocycles. The third-order valence-corrected chi connectivity index (χ3v) is 3.01. The molecule has 0 atom stereocenters. The summed E-state index contributed by atoms with van der Waals surface area (Å²) in [5, 5.41) is 0. The summed E-state index contributed by atoms with van der Waals surface area (Å²) in [5.41, 5.74) is 5.43. The zero-order chi connectivity index (χ0) is 9.68. The van der Waals surface area contributed by atoms with Crippen molar-refractivity contribution in [2.75, 3.05) is 20.1 Å². The van der Waals surface area contributed by atoms with Crippen molar-refractivity contribution in [1.82, 2.24) is 4.90 Å². The van der Waals surface area contributed by atoms with Crippen molar-refractivity contribution in [1.29, 1.82) is 0 Å². The van der Waals surface area contributed by atoms with Crippen molar-refractivity contribution in [2.45, 2.75) is 13.0 Å². The average molecular weight is 219 g/mol. The van der Waals surface area contributed by atoms with Gasteiger partial charge in [0.15, 0.2) is 0 Å². The van der Waals surface area contributed by atoms with Crippen LogP contribution in [0.2, 0.25) is 4.34 Å². The molecule has 0 aliphatic rings. The van der Waals surface area contributed by atoms with E-state index in [1.54, 1.807) is 11.3 Å². The molecule has 0 amide bonds. The van der Waals surface area contributed by atoms with Crippen LogP contribution in [0.5, 0.6) is 0 Å². The Morgan fingerprint density at radius 3 is 2.85 bits per heavy atom. The van der Waals surface area contributed by atoms with Gasteiger partial charge in [-0.05, 0) is 38.7 Å². The lowest BCUT2D eigenvalue weighted by molar-refractivity contribution is 0.327. The Kier molecular flexibility index (Phi) is 4.73. The second-order valence-electron chi connectivity index (χ2n) is 3.09. The lowest BCUT2D eigenvalue weighted by atomic mass is 10.3. The quantitative estimate of drug-likeness (QED) is 0.821. The van der Waals surface area contributed by atoms with Crippen molar-refractivity contribution in [3.05, 3.63) is 21.3 Å². The summed E-state index contributed by atoms with van der Waals surface area (Å²) in [6.45, 7) is 2.78. The van der Waals surface area contributed by atoms with Gasteiger partial charge in [-0.25, -0.2) is 0 Å². The third-order valence-electron chi connectivity index (χ3n) is 1.80. The average Bonchev–Trinajstić information content (AvgIpc) is 2.48. The molecule has 1 aromatic heterocycles. The van der Waals surface area contributed by atoms with Crippen molar-refractivity contribution < 1.29 is 0 Å². The molecule has 2 N–H and O–H groups in total. The number of nitrogens with two attached hydrogens (primary N) is 1. The van der Waals surface area contributed by atoms with Crippen molar-refractivity contribution in [3.8, 4) is 0 Å². The van der Waals surface area contributed by atoms with Crippen LogP contribution in [0.4, 0.5) is 0 Å². The van der Waals surface area contributed by atoms with E-state index in [4.69, 9.17) is 17.3 Å². The van der Waals surface area contributed by atoms with Gasteiger partial charge in [-0.15, -0.1) is 11.3 Å². The molecule has 0 spiro atoms. The van der Waals surface area contributed by atoms with Crippen molar-refractivity contribution in [2.24, 2.45) is 5.73 Å². The Morgan fingerprint density at radius 1 is 1.54 bits per heavy atom. The molecule has 0 aliphatic carbocycles. The van der Waals surface area contributed by atoms with Gasteiger partial charge in [-0.3, -0.25) is 0 Å². The van der Waals surface area contributed by atoms with E-state index in [0.29, 0.717) is 0 Å². The SMILES string of the molecule is CN(CCCN)Cc1ccc(Cl)s1. The summed E-state index contributed by atoms with van der Waals surface area (Å²) in [7, 11) is 2.10. The zero-order valence-electron chi connectivity index (χ0n) is 7.79. The van der Waals surface area contributed by atoms with Gasteiger partial charge >= 0.3 is 0 Å². The van der Waals surface area contributed by atoms with Crippen LogP contribution in [0, 0.1) is 0 Å². The van der Waals surface area contributed by atoms with Crippen LogP contribution < -0.4 is 5.73 Å². The Labute approximate surface area is 88.3 Å². The van der Waals surface area contributed by atoms with Crippen LogP contribution in [0.1, 0.15) is 11.3 Å². The maximum absolute atomic E-state index is 5.83. The summed E-state index contributed by atoms with van der Waals surface area (Å²) in [5.74, 6) is 0. The van der Waals surface area contributed by atoms with Crippen LogP contribution >= 0.6 is 22.9 Å². The molecule has 1 aromatic rings. The van der Waals surface area contributed by atoms with E-state index in [0.717, 1.165) is 30.4 Å². The minimum Gasteiger partial charge on any atom is -0.330 e. The van der Waals surface area contributed by atoms with E-state index >= 15 is 0 Å². The smallest absolute Gasteiger partial charge is 0.0931 e. The number of hydrogen-bond donors (Lipinski definition) is 1. The van der Waals surface area contributed by atoms with E-state index in [1.165, 1.54) is 4.88 Å². The molecule has 1 heterocycles. The normalized spacial score (nSPS) is 11.1. The van der Waals surface area contributed by atoms with E-state index in [1.807, 2.05) is 6.07 Å². The largest absolute Gasteiger partial charge is 0.330 e. The van der Waals surface area contributed by atoms with E-state index in [2.05, 4.69) is 18.0 Å². The van der Waals surface area contributed by atoms with Crippen molar-refractivity contribution in [3.63, 3.8) is 0 Å². The summed E-state index contributed by atoms with van der Waals surface area (Å²) in [4.78, 5) is 3.57.